The van der Waals surface area contributed by atoms with E-state index < -0.39 is 12.0 Å². The monoisotopic (exact) mass is 586 g/mol. The minimum absolute atomic E-state index is 0.208. The molecule has 2 heterocycles. The molecule has 0 saturated carbocycles. The van der Waals surface area contributed by atoms with E-state index in [9.17, 15) is 9.59 Å². The summed E-state index contributed by atoms with van der Waals surface area (Å²) < 4.78 is 13.4. The summed E-state index contributed by atoms with van der Waals surface area (Å²) >= 11 is 7.54. The zero-order chi connectivity index (χ0) is 29.1. The highest BCUT2D eigenvalue weighted by atomic mass is 35.5. The lowest BCUT2D eigenvalue weighted by Crippen LogP contribution is -2.39. The lowest BCUT2D eigenvalue weighted by Gasteiger charge is -2.25. The van der Waals surface area contributed by atoms with Crippen LogP contribution < -0.4 is 19.6 Å². The van der Waals surface area contributed by atoms with Gasteiger partial charge in [0.05, 0.1) is 28.5 Å². The average Bonchev–Trinajstić information content (AvgIpc) is 3.26. The summed E-state index contributed by atoms with van der Waals surface area (Å²) in [6.45, 7) is 8.41. The van der Waals surface area contributed by atoms with E-state index in [1.807, 2.05) is 78.9 Å². The van der Waals surface area contributed by atoms with Gasteiger partial charge in [-0.3, -0.25) is 9.36 Å². The predicted octanol–water partition coefficient (Wildman–Crippen LogP) is 6.15. The number of halogens is 1. The summed E-state index contributed by atoms with van der Waals surface area (Å²) in [4.78, 5) is 32.1. The molecule has 0 radical (unpaired) electrons. The molecule has 41 heavy (non-hydrogen) atoms. The van der Waals surface area contributed by atoms with Gasteiger partial charge in [-0.05, 0) is 60.7 Å². The van der Waals surface area contributed by atoms with Crippen LogP contribution in [-0.2, 0) is 16.1 Å². The third kappa shape index (κ3) is 6.06. The number of allylic oxidation sites excluding steroid dienone is 1. The fourth-order valence-electron chi connectivity index (χ4n) is 4.76. The van der Waals surface area contributed by atoms with Crippen LogP contribution in [0.15, 0.2) is 93.9 Å². The van der Waals surface area contributed by atoms with Gasteiger partial charge in [-0.25, -0.2) is 9.79 Å². The van der Waals surface area contributed by atoms with Gasteiger partial charge in [-0.2, -0.15) is 0 Å². The van der Waals surface area contributed by atoms with Crippen molar-refractivity contribution in [1.82, 2.24) is 4.57 Å². The molecule has 4 aromatic rings. The maximum absolute atomic E-state index is 13.8. The van der Waals surface area contributed by atoms with E-state index in [0.717, 1.165) is 16.7 Å². The van der Waals surface area contributed by atoms with Crippen molar-refractivity contribution in [2.24, 2.45) is 4.99 Å². The van der Waals surface area contributed by atoms with Crippen molar-refractivity contribution in [3.8, 4) is 5.75 Å². The Morgan fingerprint density at radius 1 is 1.07 bits per heavy atom. The Balaban J connectivity index is 1.50. The number of ether oxygens (including phenoxy) is 2. The highest BCUT2D eigenvalue weighted by Crippen LogP contribution is 2.31. The Morgan fingerprint density at radius 3 is 2.44 bits per heavy atom. The lowest BCUT2D eigenvalue weighted by molar-refractivity contribution is -0.139. The minimum atomic E-state index is -0.630. The van der Waals surface area contributed by atoms with Crippen LogP contribution in [0.25, 0.3) is 6.08 Å². The number of hydrogen-bond acceptors (Lipinski definition) is 6. The van der Waals surface area contributed by atoms with Crippen LogP contribution >= 0.6 is 22.9 Å². The van der Waals surface area contributed by atoms with E-state index in [-0.39, 0.29) is 12.2 Å². The molecule has 0 unspecified atom stereocenters. The third-order valence-corrected chi connectivity index (χ3v) is 8.32. The Morgan fingerprint density at radius 2 is 1.78 bits per heavy atom. The number of aromatic nitrogens is 1. The van der Waals surface area contributed by atoms with Gasteiger partial charge < -0.3 is 9.47 Å². The normalized spacial score (nSPS) is 15.1. The predicted molar refractivity (Wildman–Crippen MR) is 163 cm³/mol. The summed E-state index contributed by atoms with van der Waals surface area (Å²) in [5.41, 5.74) is 4.49. The maximum Gasteiger partial charge on any atom is 0.338 e. The molecule has 0 fully saturated rings. The molecular weight excluding hydrogens is 556 g/mol. The summed E-state index contributed by atoms with van der Waals surface area (Å²) in [5.74, 6) is 0.595. The number of hydrogen-bond donors (Lipinski definition) is 0. The van der Waals surface area contributed by atoms with Crippen molar-refractivity contribution in [2.45, 2.75) is 46.3 Å². The van der Waals surface area contributed by atoms with Gasteiger partial charge in [0.15, 0.2) is 4.80 Å². The number of carbonyl (C=O) groups excluding carboxylic acids is 1. The fraction of sp³-hybridized carbons (Fsp3) is 0.242. The topological polar surface area (TPSA) is 69.9 Å². The van der Waals surface area contributed by atoms with Crippen LogP contribution in [0.4, 0.5) is 0 Å². The van der Waals surface area contributed by atoms with Gasteiger partial charge in [-0.15, -0.1) is 0 Å². The second-order valence-corrected chi connectivity index (χ2v) is 11.5. The molecule has 6 nitrogen and oxygen atoms in total. The molecule has 1 aliphatic rings. The first-order valence-electron chi connectivity index (χ1n) is 13.5. The molecule has 1 aliphatic heterocycles. The molecular formula is C33H31ClN2O4S. The number of rotatable bonds is 8. The lowest BCUT2D eigenvalue weighted by atomic mass is 9.93. The smallest absolute Gasteiger partial charge is 0.338 e. The molecule has 0 bridgehead atoms. The molecule has 0 N–H and O–H groups in total. The van der Waals surface area contributed by atoms with E-state index in [1.54, 1.807) is 18.4 Å². The van der Waals surface area contributed by atoms with E-state index in [0.29, 0.717) is 43.9 Å². The van der Waals surface area contributed by atoms with Crippen LogP contribution in [0, 0.1) is 0 Å². The standard InChI is InChI=1S/C33H31ClN2O4S/c1-5-39-32(38)29-21(4)35-33-36(30(29)24-14-12-23(13-15-24)20(2)3)31(37)28(41-33)18-22-10-16-26(17-11-22)40-19-25-8-6-7-9-27(25)34/h6-18,20,30H,5,19H2,1-4H3/b28-18-/t30-/m1/s1. The van der Waals surface area contributed by atoms with E-state index in [4.69, 9.17) is 21.1 Å². The van der Waals surface area contributed by atoms with Crippen molar-refractivity contribution in [1.29, 1.82) is 0 Å². The van der Waals surface area contributed by atoms with Crippen LogP contribution in [-0.4, -0.2) is 17.1 Å². The SMILES string of the molecule is CCOC(=O)C1=C(C)N=c2s/c(=C\c3ccc(OCc4ccccc4Cl)cc3)c(=O)n2[C@@H]1c1ccc(C(C)C)cc1. The van der Waals surface area contributed by atoms with E-state index in [1.165, 1.54) is 16.9 Å². The second kappa shape index (κ2) is 12.3. The fourth-order valence-corrected chi connectivity index (χ4v) is 6.00. The van der Waals surface area contributed by atoms with Crippen molar-refractivity contribution in [2.75, 3.05) is 6.61 Å². The number of esters is 1. The Kier molecular flexibility index (Phi) is 8.57. The number of carbonyl (C=O) groups is 1. The Bertz CT molecular complexity index is 1780. The van der Waals surface area contributed by atoms with Gasteiger partial charge in [0.1, 0.15) is 12.4 Å². The van der Waals surface area contributed by atoms with Gasteiger partial charge in [0.25, 0.3) is 5.56 Å². The molecule has 0 saturated heterocycles. The average molecular weight is 587 g/mol. The molecule has 3 aromatic carbocycles. The highest BCUT2D eigenvalue weighted by Gasteiger charge is 2.33. The van der Waals surface area contributed by atoms with Gasteiger partial charge >= 0.3 is 5.97 Å². The third-order valence-electron chi connectivity index (χ3n) is 6.97. The summed E-state index contributed by atoms with van der Waals surface area (Å²) in [6.07, 6.45) is 1.84. The molecule has 210 valence electrons. The first-order valence-corrected chi connectivity index (χ1v) is 14.7. The zero-order valence-electron chi connectivity index (χ0n) is 23.4. The molecule has 0 aliphatic carbocycles. The van der Waals surface area contributed by atoms with Gasteiger partial charge in [-0.1, -0.05) is 91.4 Å². The number of fused-ring (bicyclic) bond motifs is 1. The molecule has 5 rings (SSSR count). The van der Waals surface area contributed by atoms with Crippen molar-refractivity contribution in [3.05, 3.63) is 131 Å². The van der Waals surface area contributed by atoms with E-state index in [2.05, 4.69) is 18.8 Å². The van der Waals surface area contributed by atoms with Crippen LogP contribution in [0.5, 0.6) is 5.75 Å². The zero-order valence-corrected chi connectivity index (χ0v) is 25.0. The largest absolute Gasteiger partial charge is 0.489 e. The van der Waals surface area contributed by atoms with Crippen molar-refractivity contribution < 1.29 is 14.3 Å². The highest BCUT2D eigenvalue weighted by molar-refractivity contribution is 7.07. The summed E-state index contributed by atoms with van der Waals surface area (Å²) in [7, 11) is 0. The maximum atomic E-state index is 13.8. The van der Waals surface area contributed by atoms with Gasteiger partial charge in [0, 0.05) is 10.6 Å². The number of nitrogens with zero attached hydrogens (tertiary/aromatic N) is 2. The second-order valence-electron chi connectivity index (χ2n) is 10.1. The van der Waals surface area contributed by atoms with Crippen LogP contribution in [0.1, 0.15) is 61.9 Å². The van der Waals surface area contributed by atoms with Gasteiger partial charge in [0.2, 0.25) is 0 Å². The number of thiazole rings is 1. The molecule has 1 atom stereocenters. The first kappa shape index (κ1) is 28.6. The molecule has 0 amide bonds. The quantitative estimate of drug-likeness (QED) is 0.232. The van der Waals surface area contributed by atoms with Crippen LogP contribution in [0.2, 0.25) is 5.02 Å². The first-order chi connectivity index (χ1) is 19.8. The molecule has 8 heteroatoms. The Hall–Kier alpha value is -3.94. The Labute approximate surface area is 247 Å². The molecule has 0 spiro atoms. The minimum Gasteiger partial charge on any atom is -0.489 e. The van der Waals surface area contributed by atoms with Crippen molar-refractivity contribution >= 4 is 35.0 Å². The van der Waals surface area contributed by atoms with Crippen molar-refractivity contribution in [3.63, 3.8) is 0 Å². The van der Waals surface area contributed by atoms with Crippen LogP contribution in [0.3, 0.4) is 0 Å². The van der Waals surface area contributed by atoms with E-state index >= 15 is 0 Å². The summed E-state index contributed by atoms with van der Waals surface area (Å²) in [5, 5.41) is 0.662. The summed E-state index contributed by atoms with van der Waals surface area (Å²) in [6, 6.07) is 22.5. The molecule has 1 aromatic heterocycles. The number of benzene rings is 3.